The smallest absolute Gasteiger partial charge is 0.184 e. The predicted molar refractivity (Wildman–Crippen MR) is 114 cm³/mol. The molecule has 0 radical (unpaired) electrons. The monoisotopic (exact) mass is 371 g/mol. The molecule has 0 aliphatic carbocycles. The van der Waals surface area contributed by atoms with Crippen LogP contribution in [0.4, 0.5) is 0 Å². The quantitative estimate of drug-likeness (QED) is 0.566. The zero-order valence-electron chi connectivity index (χ0n) is 16.3. The molecule has 1 fully saturated rings. The van der Waals surface area contributed by atoms with Crippen molar-refractivity contribution in [1.82, 2.24) is 4.98 Å². The van der Waals surface area contributed by atoms with Gasteiger partial charge in [-0.3, -0.25) is 4.98 Å². The summed E-state index contributed by atoms with van der Waals surface area (Å²) in [5, 5.41) is 0. The van der Waals surface area contributed by atoms with Gasteiger partial charge in [0.1, 0.15) is 0 Å². The fourth-order valence-corrected chi connectivity index (χ4v) is 3.66. The Balaban J connectivity index is 1.64. The number of hydrogen-bond donors (Lipinski definition) is 0. The molecule has 142 valence electrons. The Kier molecular flexibility index (Phi) is 5.38. The Labute approximate surface area is 166 Å². The average Bonchev–Trinajstić information content (AvgIpc) is 2.73. The first-order chi connectivity index (χ1) is 13.6. The second-order valence-corrected chi connectivity index (χ2v) is 7.33. The number of aromatic nitrogens is 1. The Bertz CT molecular complexity index is 940. The molecule has 0 N–H and O–H groups in total. The maximum absolute atomic E-state index is 6.00. The van der Waals surface area contributed by atoms with Gasteiger partial charge >= 0.3 is 0 Å². The number of pyridine rings is 1. The van der Waals surface area contributed by atoms with Gasteiger partial charge in [-0.05, 0) is 37.5 Å². The van der Waals surface area contributed by atoms with Crippen molar-refractivity contribution in [3.8, 4) is 22.4 Å². The van der Waals surface area contributed by atoms with Crippen LogP contribution in [-0.4, -0.2) is 23.5 Å². The third kappa shape index (κ3) is 3.91. The molecule has 1 aromatic heterocycles. The van der Waals surface area contributed by atoms with Gasteiger partial charge in [0.15, 0.2) is 6.29 Å². The number of nitrogens with zero attached hydrogens (tertiary/aromatic N) is 1. The molecule has 4 rings (SSSR count). The van der Waals surface area contributed by atoms with E-state index in [1.54, 1.807) is 0 Å². The summed E-state index contributed by atoms with van der Waals surface area (Å²) < 4.78 is 12.0. The molecule has 2 unspecified atom stereocenters. The first kappa shape index (κ1) is 18.6. The summed E-state index contributed by atoms with van der Waals surface area (Å²) in [4.78, 5) is 4.72. The molecule has 3 heteroatoms. The van der Waals surface area contributed by atoms with E-state index in [1.165, 1.54) is 0 Å². The van der Waals surface area contributed by atoms with Crippen LogP contribution in [-0.2, 0) is 9.47 Å². The molecule has 3 nitrogen and oxygen atoms in total. The molecule has 3 aromatic rings. The average molecular weight is 371 g/mol. The summed E-state index contributed by atoms with van der Waals surface area (Å²) in [6.07, 6.45) is 2.70. The lowest BCUT2D eigenvalue weighted by Crippen LogP contribution is -2.36. The highest BCUT2D eigenvalue weighted by Gasteiger charge is 2.28. The fraction of sp³-hybridized carbons (Fsp3) is 0.240. The second-order valence-electron chi connectivity index (χ2n) is 7.33. The third-order valence-corrected chi connectivity index (χ3v) is 5.08. The van der Waals surface area contributed by atoms with E-state index in [4.69, 9.17) is 14.5 Å². The van der Waals surface area contributed by atoms with Crippen molar-refractivity contribution in [2.24, 2.45) is 0 Å². The van der Waals surface area contributed by atoms with Gasteiger partial charge in [0.05, 0.1) is 17.9 Å². The molecular weight excluding hydrogens is 346 g/mol. The second kappa shape index (κ2) is 8.09. The minimum Gasteiger partial charge on any atom is -0.345 e. The molecule has 28 heavy (non-hydrogen) atoms. The molecule has 2 aromatic carbocycles. The van der Waals surface area contributed by atoms with Crippen molar-refractivity contribution in [2.75, 3.05) is 0 Å². The molecular formula is C25H25NO2. The Morgan fingerprint density at radius 1 is 0.857 bits per heavy atom. The minimum atomic E-state index is -0.427. The molecule has 0 amide bonds. The highest BCUT2D eigenvalue weighted by atomic mass is 16.7. The first-order valence-electron chi connectivity index (χ1n) is 9.73. The van der Waals surface area contributed by atoms with Crippen molar-refractivity contribution in [1.29, 1.82) is 0 Å². The van der Waals surface area contributed by atoms with Crippen molar-refractivity contribution in [3.05, 3.63) is 85.1 Å². The Morgan fingerprint density at radius 2 is 1.54 bits per heavy atom. The largest absolute Gasteiger partial charge is 0.345 e. The number of benzene rings is 2. The van der Waals surface area contributed by atoms with E-state index in [-0.39, 0.29) is 12.2 Å². The van der Waals surface area contributed by atoms with Gasteiger partial charge in [-0.1, -0.05) is 67.2 Å². The summed E-state index contributed by atoms with van der Waals surface area (Å²) in [6, 6.07) is 22.6. The first-order valence-corrected chi connectivity index (χ1v) is 9.73. The van der Waals surface area contributed by atoms with Crippen LogP contribution in [0.25, 0.3) is 28.0 Å². The van der Waals surface area contributed by atoms with E-state index in [2.05, 4.69) is 56.8 Å². The summed E-state index contributed by atoms with van der Waals surface area (Å²) in [5.41, 5.74) is 6.05. The van der Waals surface area contributed by atoms with Gasteiger partial charge in [-0.15, -0.1) is 0 Å². The standard InChI is InChI=1S/C25H25NO2/c1-17-15-18(2)28-25(27-17)19(3)22-11-7-8-12-23(22)24-14-13-21(16-26-24)20-9-5-4-6-10-20/h4-14,16-18,25H,3,15H2,1-2H3. The third-order valence-electron chi connectivity index (χ3n) is 5.08. The van der Waals surface area contributed by atoms with Gasteiger partial charge in [-0.2, -0.15) is 0 Å². The van der Waals surface area contributed by atoms with E-state index in [1.807, 2.05) is 36.5 Å². The van der Waals surface area contributed by atoms with Crippen LogP contribution in [0.3, 0.4) is 0 Å². The van der Waals surface area contributed by atoms with Crippen molar-refractivity contribution >= 4 is 5.57 Å². The normalized spacial score (nSPS) is 22.0. The van der Waals surface area contributed by atoms with Gasteiger partial charge in [0.2, 0.25) is 0 Å². The minimum absolute atomic E-state index is 0.154. The zero-order chi connectivity index (χ0) is 19.5. The lowest BCUT2D eigenvalue weighted by molar-refractivity contribution is -0.204. The Morgan fingerprint density at radius 3 is 2.21 bits per heavy atom. The van der Waals surface area contributed by atoms with Crippen molar-refractivity contribution in [3.63, 3.8) is 0 Å². The maximum Gasteiger partial charge on any atom is 0.184 e. The molecule has 1 aliphatic heterocycles. The van der Waals surface area contributed by atoms with E-state index >= 15 is 0 Å². The molecule has 0 saturated carbocycles. The molecule has 0 bridgehead atoms. The van der Waals surface area contributed by atoms with Crippen molar-refractivity contribution in [2.45, 2.75) is 38.8 Å². The van der Waals surface area contributed by atoms with Crippen molar-refractivity contribution < 1.29 is 9.47 Å². The number of ether oxygens (including phenoxy) is 2. The van der Waals surface area contributed by atoms with Gasteiger partial charge < -0.3 is 9.47 Å². The SMILES string of the molecule is C=C(c1ccccc1-c1ccc(-c2ccccc2)cn1)C1OC(C)CC(C)O1. The van der Waals surface area contributed by atoms with E-state index in [0.29, 0.717) is 0 Å². The molecule has 0 spiro atoms. The molecule has 1 saturated heterocycles. The van der Waals surface area contributed by atoms with E-state index < -0.39 is 6.29 Å². The lowest BCUT2D eigenvalue weighted by atomic mass is 9.96. The van der Waals surface area contributed by atoms with Crippen LogP contribution in [0, 0.1) is 0 Å². The van der Waals surface area contributed by atoms with Crippen LogP contribution in [0.15, 0.2) is 79.5 Å². The summed E-state index contributed by atoms with van der Waals surface area (Å²) in [7, 11) is 0. The number of rotatable bonds is 4. The highest BCUT2D eigenvalue weighted by molar-refractivity contribution is 5.80. The summed E-state index contributed by atoms with van der Waals surface area (Å²) in [6.45, 7) is 8.45. The van der Waals surface area contributed by atoms with Crippen LogP contribution in [0.1, 0.15) is 25.8 Å². The van der Waals surface area contributed by atoms with Crippen LogP contribution in [0.2, 0.25) is 0 Å². The summed E-state index contributed by atoms with van der Waals surface area (Å²) >= 11 is 0. The molecule has 2 heterocycles. The highest BCUT2D eigenvalue weighted by Crippen LogP contribution is 2.33. The van der Waals surface area contributed by atoms with Crippen LogP contribution >= 0.6 is 0 Å². The predicted octanol–water partition coefficient (Wildman–Crippen LogP) is 5.97. The van der Waals surface area contributed by atoms with E-state index in [0.717, 1.165) is 39.9 Å². The molecule has 2 atom stereocenters. The van der Waals surface area contributed by atoms with Crippen LogP contribution < -0.4 is 0 Å². The van der Waals surface area contributed by atoms with Gasteiger partial charge in [0, 0.05) is 22.9 Å². The molecule has 1 aliphatic rings. The fourth-order valence-electron chi connectivity index (χ4n) is 3.66. The van der Waals surface area contributed by atoms with Crippen LogP contribution in [0.5, 0.6) is 0 Å². The topological polar surface area (TPSA) is 31.4 Å². The van der Waals surface area contributed by atoms with E-state index in [9.17, 15) is 0 Å². The lowest BCUT2D eigenvalue weighted by Gasteiger charge is -2.34. The Hall–Kier alpha value is -2.75. The number of hydrogen-bond acceptors (Lipinski definition) is 3. The zero-order valence-corrected chi connectivity index (χ0v) is 16.3. The van der Waals surface area contributed by atoms with Gasteiger partial charge in [-0.25, -0.2) is 0 Å². The summed E-state index contributed by atoms with van der Waals surface area (Å²) in [5.74, 6) is 0. The maximum atomic E-state index is 6.00. The van der Waals surface area contributed by atoms with Gasteiger partial charge in [0.25, 0.3) is 0 Å².